The number of hydrogen-bond donors (Lipinski definition) is 0. The zero-order chi connectivity index (χ0) is 23.4. The lowest BCUT2D eigenvalue weighted by Crippen LogP contribution is -2.48. The van der Waals surface area contributed by atoms with E-state index in [1.54, 1.807) is 0 Å². The van der Waals surface area contributed by atoms with Crippen LogP contribution in [0.4, 0.5) is 0 Å². The molecule has 4 aromatic rings. The Hall–Kier alpha value is -3.50. The number of amides is 1. The minimum atomic E-state index is -0.757. The Labute approximate surface area is 201 Å². The van der Waals surface area contributed by atoms with E-state index in [0.29, 0.717) is 26.3 Å². The van der Waals surface area contributed by atoms with Crippen molar-refractivity contribution in [3.8, 4) is 0 Å². The molecule has 0 spiro atoms. The van der Waals surface area contributed by atoms with E-state index in [1.807, 2.05) is 59.8 Å². The second-order valence-electron chi connectivity index (χ2n) is 9.31. The van der Waals surface area contributed by atoms with E-state index < -0.39 is 5.41 Å². The van der Waals surface area contributed by atoms with Gasteiger partial charge in [-0.3, -0.25) is 9.78 Å². The molecule has 1 aliphatic heterocycles. The Morgan fingerprint density at radius 2 is 1.68 bits per heavy atom. The second kappa shape index (κ2) is 9.78. The molecule has 34 heavy (non-hydrogen) atoms. The lowest BCUT2D eigenvalue weighted by Gasteiger charge is -2.36. The monoisotopic (exact) mass is 450 g/mol. The second-order valence-corrected chi connectivity index (χ2v) is 9.31. The molecule has 0 aliphatic carbocycles. The summed E-state index contributed by atoms with van der Waals surface area (Å²) in [5, 5.41) is 2.33. The smallest absolute Gasteiger partial charge is 0.237 e. The molecule has 0 bridgehead atoms. The summed E-state index contributed by atoms with van der Waals surface area (Å²) >= 11 is 0. The summed E-state index contributed by atoms with van der Waals surface area (Å²) in [4.78, 5) is 20.4. The number of ether oxygens (including phenoxy) is 1. The van der Waals surface area contributed by atoms with Crippen LogP contribution in [0.15, 0.2) is 97.3 Å². The third-order valence-electron chi connectivity index (χ3n) is 6.98. The van der Waals surface area contributed by atoms with Crippen molar-refractivity contribution in [3.63, 3.8) is 0 Å². The van der Waals surface area contributed by atoms with Crippen LogP contribution in [-0.4, -0.2) is 42.1 Å². The maximum Gasteiger partial charge on any atom is 0.237 e. The van der Waals surface area contributed by atoms with Gasteiger partial charge in [-0.05, 0) is 41.5 Å². The van der Waals surface area contributed by atoms with Gasteiger partial charge >= 0.3 is 0 Å². The first-order valence-corrected chi connectivity index (χ1v) is 12.0. The van der Waals surface area contributed by atoms with Crippen LogP contribution < -0.4 is 0 Å². The van der Waals surface area contributed by atoms with Crippen molar-refractivity contribution < 1.29 is 9.53 Å². The van der Waals surface area contributed by atoms with E-state index >= 15 is 0 Å². The van der Waals surface area contributed by atoms with Crippen LogP contribution >= 0.6 is 0 Å². The van der Waals surface area contributed by atoms with Crippen LogP contribution in [-0.2, 0) is 21.4 Å². The number of rotatable bonds is 5. The predicted octanol–water partition coefficient (Wildman–Crippen LogP) is 5.26. The van der Waals surface area contributed by atoms with E-state index in [9.17, 15) is 4.79 Å². The Kier molecular flexibility index (Phi) is 6.41. The highest BCUT2D eigenvalue weighted by molar-refractivity contribution is 5.91. The summed E-state index contributed by atoms with van der Waals surface area (Å²) in [6.45, 7) is 4.56. The molecular formula is C30H30N2O2. The largest absolute Gasteiger partial charge is 0.379 e. The molecule has 1 atom stereocenters. The highest BCUT2D eigenvalue weighted by Gasteiger charge is 2.40. The molecule has 172 valence electrons. The average Bonchev–Trinajstić information content (AvgIpc) is 3.14. The van der Waals surface area contributed by atoms with E-state index in [4.69, 9.17) is 4.74 Å². The first kappa shape index (κ1) is 22.3. The maximum atomic E-state index is 14.2. The summed E-state index contributed by atoms with van der Waals surface area (Å²) in [6, 6.07) is 28.8. The van der Waals surface area contributed by atoms with Crippen molar-refractivity contribution in [2.75, 3.05) is 26.3 Å². The Morgan fingerprint density at radius 1 is 0.971 bits per heavy atom. The van der Waals surface area contributed by atoms with Crippen molar-refractivity contribution in [3.05, 3.63) is 114 Å². The molecule has 1 aromatic heterocycles. The normalized spacial score (nSPS) is 16.9. The number of hydrogen-bond acceptors (Lipinski definition) is 3. The molecular weight excluding hydrogens is 420 g/mol. The third-order valence-corrected chi connectivity index (χ3v) is 6.98. The fourth-order valence-corrected chi connectivity index (χ4v) is 5.05. The maximum absolute atomic E-state index is 14.2. The number of benzene rings is 3. The summed E-state index contributed by atoms with van der Waals surface area (Å²) in [7, 11) is 0. The molecule has 1 saturated heterocycles. The van der Waals surface area contributed by atoms with E-state index in [2.05, 4.69) is 54.4 Å². The molecule has 1 amide bonds. The summed E-state index contributed by atoms with van der Waals surface area (Å²) in [5.41, 5.74) is 2.52. The first-order valence-electron chi connectivity index (χ1n) is 12.0. The van der Waals surface area contributed by atoms with Crippen LogP contribution in [0.25, 0.3) is 10.8 Å². The molecule has 2 heterocycles. The SMILES string of the molecule is CC(C(=O)N1CCOC[C@H](Cc2ccc3cnccc3c2)C1)(c1ccccc1)c1ccccc1. The van der Waals surface area contributed by atoms with Gasteiger partial charge in [-0.25, -0.2) is 0 Å². The van der Waals surface area contributed by atoms with Crippen LogP contribution in [0.1, 0.15) is 23.6 Å². The van der Waals surface area contributed by atoms with E-state index in [-0.39, 0.29) is 11.8 Å². The van der Waals surface area contributed by atoms with Gasteiger partial charge < -0.3 is 9.64 Å². The van der Waals surface area contributed by atoms with Gasteiger partial charge in [0.15, 0.2) is 0 Å². The summed E-state index contributed by atoms with van der Waals surface area (Å²) in [5.74, 6) is 0.367. The summed E-state index contributed by atoms with van der Waals surface area (Å²) in [6.07, 6.45) is 4.59. The number of aromatic nitrogens is 1. The molecule has 1 fully saturated rings. The van der Waals surface area contributed by atoms with Gasteiger partial charge in [0.1, 0.15) is 0 Å². The van der Waals surface area contributed by atoms with Gasteiger partial charge in [0, 0.05) is 36.8 Å². The van der Waals surface area contributed by atoms with Gasteiger partial charge in [-0.2, -0.15) is 0 Å². The molecule has 5 rings (SSSR count). The zero-order valence-electron chi connectivity index (χ0n) is 19.6. The van der Waals surface area contributed by atoms with Gasteiger partial charge in [0.05, 0.1) is 18.6 Å². The highest BCUT2D eigenvalue weighted by atomic mass is 16.5. The van der Waals surface area contributed by atoms with Crippen LogP contribution in [0.5, 0.6) is 0 Å². The van der Waals surface area contributed by atoms with Gasteiger partial charge in [-0.1, -0.05) is 78.9 Å². The molecule has 0 radical (unpaired) electrons. The minimum Gasteiger partial charge on any atom is -0.379 e. The van der Waals surface area contributed by atoms with Crippen LogP contribution in [0.3, 0.4) is 0 Å². The fraction of sp³-hybridized carbons (Fsp3) is 0.267. The zero-order valence-corrected chi connectivity index (χ0v) is 19.6. The lowest BCUT2D eigenvalue weighted by molar-refractivity contribution is -0.135. The third kappa shape index (κ3) is 4.46. The number of carbonyl (C=O) groups is 1. The van der Waals surface area contributed by atoms with Crippen LogP contribution in [0.2, 0.25) is 0 Å². The number of pyridine rings is 1. The summed E-state index contributed by atoms with van der Waals surface area (Å²) < 4.78 is 5.97. The minimum absolute atomic E-state index is 0.130. The molecule has 1 aliphatic rings. The molecule has 4 heteroatoms. The van der Waals surface area contributed by atoms with Gasteiger partial charge in [-0.15, -0.1) is 0 Å². The quantitative estimate of drug-likeness (QED) is 0.417. The Bertz CT molecular complexity index is 1220. The number of fused-ring (bicyclic) bond motifs is 1. The highest BCUT2D eigenvalue weighted by Crippen LogP contribution is 2.34. The first-order chi connectivity index (χ1) is 16.6. The molecule has 0 saturated carbocycles. The molecule has 0 unspecified atom stereocenters. The van der Waals surface area contributed by atoms with Crippen LogP contribution in [0, 0.1) is 5.92 Å². The Morgan fingerprint density at radius 3 is 2.38 bits per heavy atom. The molecule has 4 nitrogen and oxygen atoms in total. The van der Waals surface area contributed by atoms with Crippen molar-refractivity contribution in [1.82, 2.24) is 9.88 Å². The van der Waals surface area contributed by atoms with E-state index in [1.165, 1.54) is 10.9 Å². The van der Waals surface area contributed by atoms with Gasteiger partial charge in [0.25, 0.3) is 0 Å². The standard InChI is InChI=1S/C30H30N2O2/c1-30(27-8-4-2-5-9-27,28-10-6-3-7-11-28)29(33)32-16-17-34-22-24(21-32)18-23-12-13-26-20-31-15-14-25(26)19-23/h2-15,19-20,24H,16-18,21-22H2,1H3/t24-/m1/s1. The number of nitrogens with zero attached hydrogens (tertiary/aromatic N) is 2. The van der Waals surface area contributed by atoms with Crippen molar-refractivity contribution in [2.45, 2.75) is 18.8 Å². The Balaban J connectivity index is 1.42. The van der Waals surface area contributed by atoms with Crippen molar-refractivity contribution in [2.24, 2.45) is 5.92 Å². The molecule has 3 aromatic carbocycles. The van der Waals surface area contributed by atoms with Gasteiger partial charge in [0.2, 0.25) is 5.91 Å². The van der Waals surface area contributed by atoms with E-state index in [0.717, 1.165) is 22.9 Å². The average molecular weight is 451 g/mol. The number of carbonyl (C=O) groups excluding carboxylic acids is 1. The van der Waals surface area contributed by atoms with Crippen molar-refractivity contribution in [1.29, 1.82) is 0 Å². The topological polar surface area (TPSA) is 42.4 Å². The molecule has 0 N–H and O–H groups in total. The fourth-order valence-electron chi connectivity index (χ4n) is 5.05. The predicted molar refractivity (Wildman–Crippen MR) is 136 cm³/mol. The lowest BCUT2D eigenvalue weighted by atomic mass is 9.75. The van der Waals surface area contributed by atoms with Crippen molar-refractivity contribution >= 4 is 16.7 Å².